The average molecular weight is 333 g/mol. The Balaban J connectivity index is 2.29. The molecule has 0 bridgehead atoms. The second kappa shape index (κ2) is 8.83. The zero-order valence-corrected chi connectivity index (χ0v) is 14.3. The zero-order chi connectivity index (χ0) is 16.7. The highest BCUT2D eigenvalue weighted by Gasteiger charge is 2.23. The molecule has 2 atom stereocenters. The first-order valence-electron chi connectivity index (χ1n) is 8.29. The lowest BCUT2D eigenvalue weighted by molar-refractivity contribution is 0.463. The number of halogens is 1. The molecule has 23 heavy (non-hydrogen) atoms. The normalized spacial score (nSPS) is 13.7. The van der Waals surface area contributed by atoms with Gasteiger partial charge in [-0.25, -0.2) is 0 Å². The van der Waals surface area contributed by atoms with Crippen molar-refractivity contribution in [2.45, 2.75) is 44.4 Å². The Labute approximate surface area is 143 Å². The molecule has 0 fully saturated rings. The molecule has 124 valence electrons. The van der Waals surface area contributed by atoms with E-state index < -0.39 is 0 Å². The van der Waals surface area contributed by atoms with Crippen molar-refractivity contribution in [3.8, 4) is 11.5 Å². The van der Waals surface area contributed by atoms with Crippen LogP contribution in [0.5, 0.6) is 11.5 Å². The van der Waals surface area contributed by atoms with Gasteiger partial charge < -0.3 is 10.2 Å². The number of hydrogen-bond acceptors (Lipinski definition) is 2. The highest BCUT2D eigenvalue weighted by Crippen LogP contribution is 2.40. The molecule has 0 heterocycles. The van der Waals surface area contributed by atoms with Crippen molar-refractivity contribution in [2.75, 3.05) is 5.88 Å². The van der Waals surface area contributed by atoms with Gasteiger partial charge >= 0.3 is 0 Å². The van der Waals surface area contributed by atoms with Gasteiger partial charge in [0, 0.05) is 5.88 Å². The second-order valence-corrected chi connectivity index (χ2v) is 6.37. The summed E-state index contributed by atoms with van der Waals surface area (Å²) in [7, 11) is 0. The molecule has 0 aliphatic rings. The number of alkyl halides is 1. The lowest BCUT2D eigenvalue weighted by Crippen LogP contribution is -2.11. The molecule has 0 spiro atoms. The van der Waals surface area contributed by atoms with Crippen LogP contribution >= 0.6 is 11.6 Å². The van der Waals surface area contributed by atoms with E-state index in [2.05, 4.69) is 6.92 Å². The Bertz CT molecular complexity index is 578. The van der Waals surface area contributed by atoms with Crippen molar-refractivity contribution >= 4 is 11.6 Å². The van der Waals surface area contributed by atoms with Crippen molar-refractivity contribution in [1.29, 1.82) is 0 Å². The molecular weight excluding hydrogens is 308 g/mol. The quantitative estimate of drug-likeness (QED) is 0.475. The summed E-state index contributed by atoms with van der Waals surface area (Å²) >= 11 is 5.84. The number of unbranched alkanes of at least 4 members (excludes halogenated alkanes) is 1. The SMILES string of the molecule is CC[C@H](c1ccc(O)cc1)[C@@H](CCCCCl)c1ccc(O)cc1. The van der Waals surface area contributed by atoms with Crippen LogP contribution in [0.2, 0.25) is 0 Å². The second-order valence-electron chi connectivity index (χ2n) is 5.99. The van der Waals surface area contributed by atoms with Gasteiger partial charge in [-0.05, 0) is 66.5 Å². The predicted octanol–water partition coefficient (Wildman–Crippen LogP) is 5.78. The minimum Gasteiger partial charge on any atom is -0.508 e. The number of rotatable bonds is 8. The van der Waals surface area contributed by atoms with Crippen LogP contribution in [0, 0.1) is 0 Å². The van der Waals surface area contributed by atoms with E-state index in [4.69, 9.17) is 11.6 Å². The molecule has 2 rings (SSSR count). The summed E-state index contributed by atoms with van der Waals surface area (Å²) in [5.41, 5.74) is 2.49. The van der Waals surface area contributed by atoms with Gasteiger partial charge in [-0.15, -0.1) is 11.6 Å². The molecule has 0 amide bonds. The lowest BCUT2D eigenvalue weighted by atomic mass is 9.77. The third kappa shape index (κ3) is 4.90. The minimum atomic E-state index is 0.297. The number of benzene rings is 2. The number of phenols is 2. The number of hydrogen-bond donors (Lipinski definition) is 2. The Morgan fingerprint density at radius 1 is 0.783 bits per heavy atom. The largest absolute Gasteiger partial charge is 0.508 e. The first kappa shape index (κ1) is 17.7. The van der Waals surface area contributed by atoms with Crippen molar-refractivity contribution in [2.24, 2.45) is 0 Å². The average Bonchev–Trinajstić information content (AvgIpc) is 2.57. The molecule has 2 nitrogen and oxygen atoms in total. The predicted molar refractivity (Wildman–Crippen MR) is 96.6 cm³/mol. The Kier molecular flexibility index (Phi) is 6.79. The van der Waals surface area contributed by atoms with Crippen LogP contribution in [0.3, 0.4) is 0 Å². The van der Waals surface area contributed by atoms with Crippen molar-refractivity contribution in [1.82, 2.24) is 0 Å². The fourth-order valence-corrected chi connectivity index (χ4v) is 3.44. The summed E-state index contributed by atoms with van der Waals surface area (Å²) < 4.78 is 0. The molecule has 0 unspecified atom stereocenters. The third-order valence-corrected chi connectivity index (χ3v) is 4.73. The molecule has 2 aromatic carbocycles. The summed E-state index contributed by atoms with van der Waals surface area (Å²) in [6.45, 7) is 2.20. The molecule has 0 aliphatic carbocycles. The zero-order valence-electron chi connectivity index (χ0n) is 13.6. The Morgan fingerprint density at radius 3 is 1.70 bits per heavy atom. The maximum atomic E-state index is 9.55. The molecule has 2 aromatic rings. The van der Waals surface area contributed by atoms with Gasteiger partial charge in [-0.1, -0.05) is 37.6 Å². The molecule has 0 aliphatic heterocycles. The van der Waals surface area contributed by atoms with E-state index >= 15 is 0 Å². The van der Waals surface area contributed by atoms with Gasteiger partial charge in [-0.3, -0.25) is 0 Å². The van der Waals surface area contributed by atoms with Crippen LogP contribution in [-0.2, 0) is 0 Å². The van der Waals surface area contributed by atoms with E-state index in [0.717, 1.165) is 25.7 Å². The summed E-state index contributed by atoms with van der Waals surface area (Å²) in [5, 5.41) is 19.1. The minimum absolute atomic E-state index is 0.297. The maximum Gasteiger partial charge on any atom is 0.115 e. The molecule has 0 aromatic heterocycles. The highest BCUT2D eigenvalue weighted by atomic mass is 35.5. The van der Waals surface area contributed by atoms with Crippen molar-refractivity contribution in [3.05, 3.63) is 59.7 Å². The van der Waals surface area contributed by atoms with E-state index in [-0.39, 0.29) is 0 Å². The fraction of sp³-hybridized carbons (Fsp3) is 0.400. The van der Waals surface area contributed by atoms with E-state index in [1.165, 1.54) is 11.1 Å². The Morgan fingerprint density at radius 2 is 1.26 bits per heavy atom. The standard InChI is InChI=1S/C20H25ClO2/c1-2-19(15-6-10-17(22)11-7-15)20(5-3-4-14-21)16-8-12-18(23)13-9-16/h6-13,19-20,22-23H,2-5,14H2,1H3/t19-,20+/m1/s1. The fourth-order valence-electron chi connectivity index (χ4n) is 3.25. The van der Waals surface area contributed by atoms with Gasteiger partial charge in [0.2, 0.25) is 0 Å². The van der Waals surface area contributed by atoms with Crippen LogP contribution < -0.4 is 0 Å². The molecule has 2 N–H and O–H groups in total. The van der Waals surface area contributed by atoms with Crippen LogP contribution in [0.1, 0.15) is 55.6 Å². The van der Waals surface area contributed by atoms with Crippen LogP contribution in [-0.4, -0.2) is 16.1 Å². The summed E-state index contributed by atoms with van der Waals surface area (Å²) in [5.74, 6) is 2.06. The monoisotopic (exact) mass is 332 g/mol. The van der Waals surface area contributed by atoms with Gasteiger partial charge in [0.1, 0.15) is 11.5 Å². The number of aromatic hydroxyl groups is 2. The van der Waals surface area contributed by atoms with E-state index in [0.29, 0.717) is 29.2 Å². The van der Waals surface area contributed by atoms with E-state index in [9.17, 15) is 10.2 Å². The van der Waals surface area contributed by atoms with E-state index in [1.807, 2.05) is 24.3 Å². The van der Waals surface area contributed by atoms with E-state index in [1.54, 1.807) is 24.3 Å². The molecule has 0 saturated carbocycles. The topological polar surface area (TPSA) is 40.5 Å². The van der Waals surface area contributed by atoms with Crippen LogP contribution in [0.15, 0.2) is 48.5 Å². The van der Waals surface area contributed by atoms with Crippen molar-refractivity contribution < 1.29 is 10.2 Å². The van der Waals surface area contributed by atoms with Gasteiger partial charge in [0.25, 0.3) is 0 Å². The van der Waals surface area contributed by atoms with Crippen LogP contribution in [0.4, 0.5) is 0 Å². The first-order chi connectivity index (χ1) is 11.2. The summed E-state index contributed by atoms with van der Waals surface area (Å²) in [4.78, 5) is 0. The molecular formula is C20H25ClO2. The molecule has 0 radical (unpaired) electrons. The highest BCUT2D eigenvalue weighted by molar-refractivity contribution is 6.17. The smallest absolute Gasteiger partial charge is 0.115 e. The van der Waals surface area contributed by atoms with Gasteiger partial charge in [0.05, 0.1) is 0 Å². The van der Waals surface area contributed by atoms with Gasteiger partial charge in [0.15, 0.2) is 0 Å². The van der Waals surface area contributed by atoms with Crippen molar-refractivity contribution in [3.63, 3.8) is 0 Å². The van der Waals surface area contributed by atoms with Crippen LogP contribution in [0.25, 0.3) is 0 Å². The Hall–Kier alpha value is -1.67. The number of phenolic OH excluding ortho intramolecular Hbond substituents is 2. The maximum absolute atomic E-state index is 9.55. The summed E-state index contributed by atoms with van der Waals surface area (Å²) in [6.07, 6.45) is 4.19. The lowest BCUT2D eigenvalue weighted by Gasteiger charge is -2.27. The first-order valence-corrected chi connectivity index (χ1v) is 8.83. The van der Waals surface area contributed by atoms with Gasteiger partial charge in [-0.2, -0.15) is 0 Å². The third-order valence-electron chi connectivity index (χ3n) is 4.47. The summed E-state index contributed by atoms with van der Waals surface area (Å²) in [6, 6.07) is 15.1. The molecule has 0 saturated heterocycles. The molecule has 3 heteroatoms.